The van der Waals surface area contributed by atoms with E-state index in [4.69, 9.17) is 16.7 Å². The maximum absolute atomic E-state index is 11.9. The SMILES string of the molecule is CS(=O)(=O)c1c(N2CCC(N)CC2)sc(C#N)c1N. The van der Waals surface area contributed by atoms with Crippen LogP contribution in [-0.2, 0) is 9.84 Å². The first-order valence-corrected chi connectivity index (χ1v) is 8.58. The quantitative estimate of drug-likeness (QED) is 0.823. The van der Waals surface area contributed by atoms with E-state index in [1.54, 1.807) is 0 Å². The van der Waals surface area contributed by atoms with Gasteiger partial charge in [-0.15, -0.1) is 11.3 Å². The molecule has 19 heavy (non-hydrogen) atoms. The lowest BCUT2D eigenvalue weighted by Gasteiger charge is -2.31. The second-order valence-corrected chi connectivity index (χ2v) is 7.64. The van der Waals surface area contributed by atoms with Gasteiger partial charge in [0.05, 0.1) is 5.69 Å². The Labute approximate surface area is 116 Å². The van der Waals surface area contributed by atoms with Crippen molar-refractivity contribution in [3.63, 3.8) is 0 Å². The van der Waals surface area contributed by atoms with Gasteiger partial charge in [-0.05, 0) is 12.8 Å². The summed E-state index contributed by atoms with van der Waals surface area (Å²) in [7, 11) is -3.45. The summed E-state index contributed by atoms with van der Waals surface area (Å²) < 4.78 is 23.8. The summed E-state index contributed by atoms with van der Waals surface area (Å²) in [6.07, 6.45) is 2.73. The molecule has 104 valence electrons. The van der Waals surface area contributed by atoms with Crippen LogP contribution in [0.4, 0.5) is 10.7 Å². The first-order valence-electron chi connectivity index (χ1n) is 5.87. The summed E-state index contributed by atoms with van der Waals surface area (Å²) in [6, 6.07) is 2.11. The van der Waals surface area contributed by atoms with Crippen molar-refractivity contribution in [2.45, 2.75) is 23.8 Å². The van der Waals surface area contributed by atoms with Gasteiger partial charge in [-0.3, -0.25) is 0 Å². The van der Waals surface area contributed by atoms with Crippen molar-refractivity contribution < 1.29 is 8.42 Å². The lowest BCUT2D eigenvalue weighted by molar-refractivity contribution is 0.501. The molecule has 0 radical (unpaired) electrons. The topological polar surface area (TPSA) is 113 Å². The van der Waals surface area contributed by atoms with Gasteiger partial charge in [-0.2, -0.15) is 5.26 Å². The van der Waals surface area contributed by atoms with Gasteiger partial charge >= 0.3 is 0 Å². The van der Waals surface area contributed by atoms with Crippen molar-refractivity contribution in [2.24, 2.45) is 5.73 Å². The number of piperidine rings is 1. The third kappa shape index (κ3) is 2.68. The number of thiophene rings is 1. The molecule has 0 aliphatic carbocycles. The zero-order valence-electron chi connectivity index (χ0n) is 10.6. The molecule has 0 amide bonds. The summed E-state index contributed by atoms with van der Waals surface area (Å²) in [6.45, 7) is 1.38. The summed E-state index contributed by atoms with van der Waals surface area (Å²) in [4.78, 5) is 2.30. The Balaban J connectivity index is 2.49. The average molecular weight is 300 g/mol. The molecule has 1 fully saturated rings. The summed E-state index contributed by atoms with van der Waals surface area (Å²) in [5, 5.41) is 9.58. The number of anilines is 2. The molecule has 4 N–H and O–H groups in total. The smallest absolute Gasteiger partial charge is 0.180 e. The van der Waals surface area contributed by atoms with Crippen molar-refractivity contribution in [1.29, 1.82) is 5.26 Å². The van der Waals surface area contributed by atoms with E-state index in [9.17, 15) is 8.42 Å². The van der Waals surface area contributed by atoms with Gasteiger partial charge in [0.15, 0.2) is 9.84 Å². The maximum atomic E-state index is 11.9. The van der Waals surface area contributed by atoms with E-state index in [1.807, 2.05) is 11.0 Å². The number of nitriles is 1. The molecule has 1 aromatic rings. The van der Waals surface area contributed by atoms with Crippen molar-refractivity contribution in [2.75, 3.05) is 30.0 Å². The van der Waals surface area contributed by atoms with Crippen LogP contribution in [0.2, 0.25) is 0 Å². The Morgan fingerprint density at radius 3 is 2.47 bits per heavy atom. The zero-order valence-corrected chi connectivity index (χ0v) is 12.2. The molecule has 1 aromatic heterocycles. The summed E-state index contributed by atoms with van der Waals surface area (Å²) in [5.41, 5.74) is 11.7. The van der Waals surface area contributed by atoms with Crippen LogP contribution in [-0.4, -0.2) is 33.8 Å². The van der Waals surface area contributed by atoms with Gasteiger partial charge in [0.1, 0.15) is 20.8 Å². The highest BCUT2D eigenvalue weighted by Gasteiger charge is 2.29. The molecular formula is C11H16N4O2S2. The Morgan fingerprint density at radius 1 is 1.42 bits per heavy atom. The first kappa shape index (κ1) is 14.1. The number of hydrogen-bond acceptors (Lipinski definition) is 7. The average Bonchev–Trinajstić information content (AvgIpc) is 2.67. The second kappa shape index (κ2) is 5.00. The van der Waals surface area contributed by atoms with E-state index in [1.165, 1.54) is 0 Å². The lowest BCUT2D eigenvalue weighted by Crippen LogP contribution is -2.39. The number of sulfone groups is 1. The van der Waals surface area contributed by atoms with E-state index in [0.29, 0.717) is 18.1 Å². The summed E-state index contributed by atoms with van der Waals surface area (Å²) in [5.74, 6) is 0. The first-order chi connectivity index (χ1) is 8.84. The highest BCUT2D eigenvalue weighted by molar-refractivity contribution is 7.91. The molecule has 6 nitrogen and oxygen atoms in total. The van der Waals surface area contributed by atoms with Crippen LogP contribution in [0.1, 0.15) is 17.7 Å². The Morgan fingerprint density at radius 2 is 2.00 bits per heavy atom. The van der Waals surface area contributed by atoms with Crippen LogP contribution >= 0.6 is 11.3 Å². The van der Waals surface area contributed by atoms with Crippen molar-refractivity contribution in [3.05, 3.63) is 4.88 Å². The maximum Gasteiger partial charge on any atom is 0.180 e. The molecule has 1 saturated heterocycles. The van der Waals surface area contributed by atoms with Gasteiger partial charge < -0.3 is 16.4 Å². The minimum Gasteiger partial charge on any atom is -0.396 e. The monoisotopic (exact) mass is 300 g/mol. The van der Waals surface area contributed by atoms with Crippen LogP contribution in [0.3, 0.4) is 0 Å². The number of hydrogen-bond donors (Lipinski definition) is 2. The number of nitrogens with zero attached hydrogens (tertiary/aromatic N) is 2. The summed E-state index contributed by atoms with van der Waals surface area (Å²) >= 11 is 1.14. The number of nitrogen functional groups attached to an aromatic ring is 1. The fourth-order valence-corrected chi connectivity index (χ4v) is 4.73. The normalized spacial score (nSPS) is 17.4. The van der Waals surface area contributed by atoms with Crippen molar-refractivity contribution in [3.8, 4) is 6.07 Å². The molecular weight excluding hydrogens is 284 g/mol. The number of nitrogens with two attached hydrogens (primary N) is 2. The van der Waals surface area contributed by atoms with E-state index in [-0.39, 0.29) is 21.5 Å². The lowest BCUT2D eigenvalue weighted by atomic mass is 10.1. The Hall–Kier alpha value is -1.30. The van der Waals surface area contributed by atoms with Crippen LogP contribution in [0, 0.1) is 11.3 Å². The van der Waals surface area contributed by atoms with Gasteiger partial charge in [0, 0.05) is 25.4 Å². The minimum absolute atomic E-state index is 0.0693. The fourth-order valence-electron chi connectivity index (χ4n) is 2.17. The van der Waals surface area contributed by atoms with Crippen molar-refractivity contribution in [1.82, 2.24) is 0 Å². The van der Waals surface area contributed by atoms with E-state index >= 15 is 0 Å². The second-order valence-electron chi connectivity index (χ2n) is 4.69. The molecule has 1 aliphatic rings. The zero-order chi connectivity index (χ0) is 14.2. The van der Waals surface area contributed by atoms with Gasteiger partial charge in [-0.25, -0.2) is 8.42 Å². The van der Waals surface area contributed by atoms with Crippen LogP contribution in [0.25, 0.3) is 0 Å². The van der Waals surface area contributed by atoms with Crippen molar-refractivity contribution >= 4 is 31.9 Å². The predicted octanol–water partition coefficient (Wildman–Crippen LogP) is 0.533. The Bertz CT molecular complexity index is 622. The molecule has 0 saturated carbocycles. The highest BCUT2D eigenvalue weighted by Crippen LogP contribution is 2.41. The Kier molecular flexibility index (Phi) is 3.71. The van der Waals surface area contributed by atoms with Gasteiger partial charge in [0.2, 0.25) is 0 Å². The minimum atomic E-state index is -3.45. The molecule has 8 heteroatoms. The number of rotatable bonds is 2. The van der Waals surface area contributed by atoms with Crippen LogP contribution in [0.15, 0.2) is 4.90 Å². The molecule has 0 atom stereocenters. The molecule has 1 aliphatic heterocycles. The van der Waals surface area contributed by atoms with E-state index in [0.717, 1.165) is 30.4 Å². The molecule has 0 bridgehead atoms. The third-order valence-electron chi connectivity index (χ3n) is 3.18. The molecule has 2 rings (SSSR count). The van der Waals surface area contributed by atoms with E-state index < -0.39 is 9.84 Å². The molecule has 0 spiro atoms. The van der Waals surface area contributed by atoms with E-state index in [2.05, 4.69) is 0 Å². The molecule has 2 heterocycles. The predicted molar refractivity (Wildman–Crippen MR) is 76.0 cm³/mol. The molecule has 0 aromatic carbocycles. The molecule has 0 unspecified atom stereocenters. The third-order valence-corrected chi connectivity index (χ3v) is 5.64. The largest absolute Gasteiger partial charge is 0.396 e. The standard InChI is InChI=1S/C11H16N4O2S2/c1-19(16,17)10-9(14)8(6-12)18-11(10)15-4-2-7(13)3-5-15/h7H,2-5,13-14H2,1H3. The van der Waals surface area contributed by atoms with Crippen LogP contribution in [0.5, 0.6) is 0 Å². The highest BCUT2D eigenvalue weighted by atomic mass is 32.2. The van der Waals surface area contributed by atoms with Gasteiger partial charge in [-0.1, -0.05) is 0 Å². The van der Waals surface area contributed by atoms with Gasteiger partial charge in [0.25, 0.3) is 0 Å². The van der Waals surface area contributed by atoms with Crippen LogP contribution < -0.4 is 16.4 Å². The fraction of sp³-hybridized carbons (Fsp3) is 0.545.